The molecule has 3 rings (SSSR count). The zero-order valence-corrected chi connectivity index (χ0v) is 14.1. The Bertz CT molecular complexity index is 650. The van der Waals surface area contributed by atoms with Crippen LogP contribution in [0.2, 0.25) is 0 Å². The van der Waals surface area contributed by atoms with Crippen molar-refractivity contribution in [1.29, 1.82) is 0 Å². The third-order valence-corrected chi connectivity index (χ3v) is 4.49. The number of anilines is 1. The van der Waals surface area contributed by atoms with Crippen LogP contribution in [0, 0.1) is 0 Å². The molecule has 1 aromatic heterocycles. The SMILES string of the molecule is CC(Cc1ccccc1)[n+]1cc(NC(=O)NC2CCCCC2)on1. The summed E-state index contributed by atoms with van der Waals surface area (Å²) in [5.74, 6) is 0.364. The fourth-order valence-electron chi connectivity index (χ4n) is 3.15. The molecule has 6 heteroatoms. The number of urea groups is 1. The van der Waals surface area contributed by atoms with Crippen molar-refractivity contribution in [3.63, 3.8) is 0 Å². The van der Waals surface area contributed by atoms with Gasteiger partial charge < -0.3 is 5.32 Å². The van der Waals surface area contributed by atoms with Crippen LogP contribution in [0.25, 0.3) is 0 Å². The molecule has 0 bridgehead atoms. The summed E-state index contributed by atoms with van der Waals surface area (Å²) in [6.07, 6.45) is 8.32. The molecule has 1 fully saturated rings. The van der Waals surface area contributed by atoms with Gasteiger partial charge in [-0.3, -0.25) is 9.84 Å². The topological polar surface area (TPSA) is 71.0 Å². The van der Waals surface area contributed by atoms with Gasteiger partial charge in [0.05, 0.1) is 0 Å². The van der Waals surface area contributed by atoms with Crippen molar-refractivity contribution in [1.82, 2.24) is 10.6 Å². The maximum Gasteiger partial charge on any atom is 0.322 e. The Labute approximate surface area is 142 Å². The van der Waals surface area contributed by atoms with E-state index in [1.54, 1.807) is 10.9 Å². The van der Waals surface area contributed by atoms with E-state index in [0.29, 0.717) is 5.88 Å². The van der Waals surface area contributed by atoms with Crippen molar-refractivity contribution in [3.05, 3.63) is 42.1 Å². The maximum absolute atomic E-state index is 12.0. The molecule has 0 spiro atoms. The van der Waals surface area contributed by atoms with E-state index in [9.17, 15) is 4.79 Å². The fourth-order valence-corrected chi connectivity index (χ4v) is 3.15. The van der Waals surface area contributed by atoms with Gasteiger partial charge in [0.1, 0.15) is 0 Å². The molecule has 1 aliphatic rings. The van der Waals surface area contributed by atoms with Crippen LogP contribution in [0.3, 0.4) is 0 Å². The third-order valence-electron chi connectivity index (χ3n) is 4.49. The lowest BCUT2D eigenvalue weighted by atomic mass is 9.96. The Morgan fingerprint density at radius 3 is 2.79 bits per heavy atom. The molecule has 1 aliphatic carbocycles. The standard InChI is InChI=1S/C18H24N4O2/c1-14(12-15-8-4-2-5-9-15)22-13-17(24-21-22)20-18(23)19-16-10-6-3-7-11-16/h2,4-5,8-9,13-14,16H,3,6-7,10-12H2,1H3,(H-,19,20,21,23)/p+1. The molecule has 0 aliphatic heterocycles. The van der Waals surface area contributed by atoms with Crippen LogP contribution in [0.15, 0.2) is 41.1 Å². The Morgan fingerprint density at radius 1 is 1.29 bits per heavy atom. The quantitative estimate of drug-likeness (QED) is 0.827. The third kappa shape index (κ3) is 4.57. The molecule has 2 amide bonds. The van der Waals surface area contributed by atoms with E-state index < -0.39 is 0 Å². The van der Waals surface area contributed by atoms with Crippen molar-refractivity contribution in [2.45, 2.75) is 57.5 Å². The van der Waals surface area contributed by atoms with Crippen LogP contribution in [-0.2, 0) is 6.42 Å². The minimum absolute atomic E-state index is 0.146. The first-order valence-electron chi connectivity index (χ1n) is 8.70. The van der Waals surface area contributed by atoms with Crippen molar-refractivity contribution >= 4 is 11.9 Å². The first-order chi connectivity index (χ1) is 11.7. The van der Waals surface area contributed by atoms with Gasteiger partial charge in [0.15, 0.2) is 6.04 Å². The highest BCUT2D eigenvalue weighted by Crippen LogP contribution is 2.17. The van der Waals surface area contributed by atoms with Gasteiger partial charge in [0.25, 0.3) is 6.20 Å². The van der Waals surface area contributed by atoms with Gasteiger partial charge in [0, 0.05) is 19.4 Å². The number of rotatable bonds is 5. The molecule has 1 aromatic carbocycles. The van der Waals surface area contributed by atoms with Gasteiger partial charge in [-0.25, -0.2) is 4.79 Å². The lowest BCUT2D eigenvalue weighted by Gasteiger charge is -2.22. The summed E-state index contributed by atoms with van der Waals surface area (Å²) in [5.41, 5.74) is 1.24. The summed E-state index contributed by atoms with van der Waals surface area (Å²) in [7, 11) is 0. The molecular formula is C18H25N4O2+. The summed E-state index contributed by atoms with van der Waals surface area (Å²) in [4.78, 5) is 12.0. The van der Waals surface area contributed by atoms with Crippen molar-refractivity contribution in [3.8, 4) is 0 Å². The van der Waals surface area contributed by atoms with Gasteiger partial charge in [0.2, 0.25) is 5.27 Å². The number of aromatic nitrogens is 2. The van der Waals surface area contributed by atoms with E-state index in [-0.39, 0.29) is 18.1 Å². The van der Waals surface area contributed by atoms with Gasteiger partial charge in [-0.1, -0.05) is 49.6 Å². The Balaban J connectivity index is 1.52. The van der Waals surface area contributed by atoms with Crippen LogP contribution >= 0.6 is 0 Å². The molecule has 1 atom stereocenters. The minimum atomic E-state index is -0.221. The van der Waals surface area contributed by atoms with Crippen molar-refractivity contribution in [2.24, 2.45) is 0 Å². The predicted molar refractivity (Wildman–Crippen MR) is 90.6 cm³/mol. The fraction of sp³-hybridized carbons (Fsp3) is 0.500. The van der Waals surface area contributed by atoms with E-state index in [1.165, 1.54) is 24.8 Å². The minimum Gasteiger partial charge on any atom is -0.335 e. The summed E-state index contributed by atoms with van der Waals surface area (Å²) in [6.45, 7) is 2.07. The summed E-state index contributed by atoms with van der Waals surface area (Å²) < 4.78 is 6.96. The molecule has 0 saturated heterocycles. The Kier molecular flexibility index (Phi) is 5.46. The highest BCUT2D eigenvalue weighted by molar-refractivity contribution is 5.87. The zero-order chi connectivity index (χ0) is 16.8. The zero-order valence-electron chi connectivity index (χ0n) is 14.1. The Hall–Kier alpha value is -2.37. The second-order valence-electron chi connectivity index (χ2n) is 6.52. The van der Waals surface area contributed by atoms with Crippen LogP contribution in [0.4, 0.5) is 10.7 Å². The van der Waals surface area contributed by atoms with E-state index in [2.05, 4.69) is 35.0 Å². The normalized spacial score (nSPS) is 16.5. The van der Waals surface area contributed by atoms with Crippen LogP contribution in [0.5, 0.6) is 0 Å². The van der Waals surface area contributed by atoms with Gasteiger partial charge in [-0.15, -0.1) is 0 Å². The molecule has 2 aromatic rings. The molecule has 0 radical (unpaired) electrons. The lowest BCUT2D eigenvalue weighted by Crippen LogP contribution is -2.40. The number of hydrogen-bond donors (Lipinski definition) is 2. The van der Waals surface area contributed by atoms with Gasteiger partial charge in [-0.2, -0.15) is 0 Å². The number of carbonyl (C=O) groups is 1. The number of benzene rings is 1. The van der Waals surface area contributed by atoms with E-state index >= 15 is 0 Å². The number of amides is 2. The number of nitrogens with one attached hydrogen (secondary N) is 2. The molecular weight excluding hydrogens is 304 g/mol. The first-order valence-corrected chi connectivity index (χ1v) is 8.70. The lowest BCUT2D eigenvalue weighted by molar-refractivity contribution is -0.782. The van der Waals surface area contributed by atoms with Crippen LogP contribution in [0.1, 0.15) is 50.6 Å². The Morgan fingerprint density at radius 2 is 2.04 bits per heavy atom. The summed E-state index contributed by atoms with van der Waals surface area (Å²) in [6, 6.07) is 10.4. The molecule has 1 unspecified atom stereocenters. The molecule has 128 valence electrons. The highest BCUT2D eigenvalue weighted by atomic mass is 16.5. The van der Waals surface area contributed by atoms with Gasteiger partial charge >= 0.3 is 11.9 Å². The number of carbonyl (C=O) groups excluding carboxylic acids is 1. The molecule has 2 N–H and O–H groups in total. The first kappa shape index (κ1) is 16.5. The summed E-state index contributed by atoms with van der Waals surface area (Å²) in [5, 5.41) is 9.74. The van der Waals surface area contributed by atoms with Gasteiger partial charge in [-0.05, 0) is 23.1 Å². The average Bonchev–Trinajstić information content (AvgIpc) is 3.05. The van der Waals surface area contributed by atoms with E-state index in [0.717, 1.165) is 19.3 Å². The average molecular weight is 329 g/mol. The second kappa shape index (κ2) is 7.95. The second-order valence-corrected chi connectivity index (χ2v) is 6.52. The highest BCUT2D eigenvalue weighted by Gasteiger charge is 2.22. The largest absolute Gasteiger partial charge is 0.335 e. The smallest absolute Gasteiger partial charge is 0.322 e. The van der Waals surface area contributed by atoms with Crippen LogP contribution in [-0.4, -0.2) is 17.3 Å². The maximum atomic E-state index is 12.0. The molecule has 24 heavy (non-hydrogen) atoms. The predicted octanol–water partition coefficient (Wildman–Crippen LogP) is 3.22. The molecule has 1 saturated carbocycles. The molecule has 6 nitrogen and oxygen atoms in total. The monoisotopic (exact) mass is 329 g/mol. The molecule has 1 heterocycles. The summed E-state index contributed by atoms with van der Waals surface area (Å²) >= 11 is 0. The van der Waals surface area contributed by atoms with Crippen molar-refractivity contribution < 1.29 is 14.0 Å². The number of hydrogen-bond acceptors (Lipinski definition) is 3. The van der Waals surface area contributed by atoms with Crippen LogP contribution < -0.4 is 15.3 Å². The van der Waals surface area contributed by atoms with Crippen molar-refractivity contribution in [2.75, 3.05) is 5.32 Å². The van der Waals surface area contributed by atoms with E-state index in [1.807, 2.05) is 18.2 Å². The van der Waals surface area contributed by atoms with E-state index in [4.69, 9.17) is 4.52 Å². The number of nitrogens with zero attached hydrogens (tertiary/aromatic N) is 2.